The summed E-state index contributed by atoms with van der Waals surface area (Å²) in [6, 6.07) is 43.1. The fourth-order valence-corrected chi connectivity index (χ4v) is 7.22. The molecule has 0 saturated heterocycles. The SMILES string of the molecule is C=Cc1c(/C=C/c2ccc3c(c2)-c2cccc4cccc(c24)S3)c2ccccc2n1-c1ccc(-c2ccccc2)cn1. The molecule has 7 aromatic rings. The highest BCUT2D eigenvalue weighted by Gasteiger charge is 2.19. The van der Waals surface area contributed by atoms with Gasteiger partial charge in [0.05, 0.1) is 11.2 Å². The van der Waals surface area contributed by atoms with Crippen LogP contribution in [0.2, 0.25) is 0 Å². The predicted octanol–water partition coefficient (Wildman–Crippen LogP) is 10.8. The Labute approximate surface area is 249 Å². The van der Waals surface area contributed by atoms with Gasteiger partial charge in [-0.15, -0.1) is 0 Å². The van der Waals surface area contributed by atoms with Crippen molar-refractivity contribution in [2.45, 2.75) is 9.79 Å². The van der Waals surface area contributed by atoms with Gasteiger partial charge in [-0.05, 0) is 70.1 Å². The van der Waals surface area contributed by atoms with E-state index in [4.69, 9.17) is 4.98 Å². The van der Waals surface area contributed by atoms with Gasteiger partial charge in [0, 0.05) is 37.9 Å². The van der Waals surface area contributed by atoms with Gasteiger partial charge < -0.3 is 0 Å². The Morgan fingerprint density at radius 3 is 2.33 bits per heavy atom. The maximum Gasteiger partial charge on any atom is 0.137 e. The fraction of sp³-hybridized carbons (Fsp3) is 0. The van der Waals surface area contributed by atoms with Crippen molar-refractivity contribution < 1.29 is 0 Å². The smallest absolute Gasteiger partial charge is 0.137 e. The topological polar surface area (TPSA) is 17.8 Å². The van der Waals surface area contributed by atoms with Crippen LogP contribution >= 0.6 is 11.8 Å². The van der Waals surface area contributed by atoms with Gasteiger partial charge in [-0.2, -0.15) is 0 Å². The van der Waals surface area contributed by atoms with Crippen LogP contribution in [-0.2, 0) is 0 Å². The molecule has 0 N–H and O–H groups in total. The van der Waals surface area contributed by atoms with Crippen LogP contribution in [0.25, 0.3) is 68.0 Å². The van der Waals surface area contributed by atoms with E-state index in [9.17, 15) is 0 Å². The van der Waals surface area contributed by atoms with E-state index < -0.39 is 0 Å². The second kappa shape index (κ2) is 10.1. The molecule has 1 aliphatic heterocycles. The zero-order chi connectivity index (χ0) is 28.0. The third-order valence-electron chi connectivity index (χ3n) is 8.05. The largest absolute Gasteiger partial charge is 0.294 e. The molecule has 0 amide bonds. The van der Waals surface area contributed by atoms with Crippen LogP contribution < -0.4 is 0 Å². The molecule has 0 aliphatic carbocycles. The molecule has 0 saturated carbocycles. The second-order valence-corrected chi connectivity index (χ2v) is 11.6. The monoisotopic (exact) mass is 554 g/mol. The number of rotatable bonds is 5. The molecule has 0 fully saturated rings. The second-order valence-electron chi connectivity index (χ2n) is 10.5. The number of para-hydroxylation sites is 1. The van der Waals surface area contributed by atoms with Gasteiger partial charge in [-0.3, -0.25) is 4.57 Å². The Bertz CT molecular complexity index is 2160. The van der Waals surface area contributed by atoms with Crippen LogP contribution in [0.15, 0.2) is 144 Å². The number of fused-ring (bicyclic) bond motifs is 3. The molecular weight excluding hydrogens is 529 g/mol. The Kier molecular flexibility index (Phi) is 5.90. The van der Waals surface area contributed by atoms with Crippen LogP contribution in [0.5, 0.6) is 0 Å². The summed E-state index contributed by atoms with van der Waals surface area (Å²) in [5.41, 5.74) is 9.29. The van der Waals surface area contributed by atoms with Crippen LogP contribution in [0.4, 0.5) is 0 Å². The molecule has 0 bridgehead atoms. The van der Waals surface area contributed by atoms with Crippen LogP contribution in [0.3, 0.4) is 0 Å². The molecule has 8 rings (SSSR count). The minimum Gasteiger partial charge on any atom is -0.294 e. The summed E-state index contributed by atoms with van der Waals surface area (Å²) in [5.74, 6) is 0.873. The van der Waals surface area contributed by atoms with Crippen LogP contribution in [0, 0.1) is 0 Å². The summed E-state index contributed by atoms with van der Waals surface area (Å²) in [4.78, 5) is 7.51. The lowest BCUT2D eigenvalue weighted by atomic mass is 9.96. The lowest BCUT2D eigenvalue weighted by Crippen LogP contribution is -1.99. The molecular formula is C39H26N2S. The van der Waals surface area contributed by atoms with E-state index >= 15 is 0 Å². The average molecular weight is 555 g/mol. The lowest BCUT2D eigenvalue weighted by molar-refractivity contribution is 1.03. The first-order chi connectivity index (χ1) is 20.8. The fourth-order valence-electron chi connectivity index (χ4n) is 6.09. The first-order valence-corrected chi connectivity index (χ1v) is 14.9. The highest BCUT2D eigenvalue weighted by molar-refractivity contribution is 7.99. The number of nitrogens with zero attached hydrogens (tertiary/aromatic N) is 2. The summed E-state index contributed by atoms with van der Waals surface area (Å²) in [5, 5.41) is 3.81. The molecule has 42 heavy (non-hydrogen) atoms. The Morgan fingerprint density at radius 1 is 0.667 bits per heavy atom. The molecule has 2 nitrogen and oxygen atoms in total. The van der Waals surface area contributed by atoms with Gasteiger partial charge in [0.2, 0.25) is 0 Å². The molecule has 0 unspecified atom stereocenters. The number of benzene rings is 5. The van der Waals surface area contributed by atoms with Gasteiger partial charge in [0.1, 0.15) is 5.82 Å². The summed E-state index contributed by atoms with van der Waals surface area (Å²) >= 11 is 1.86. The van der Waals surface area contributed by atoms with E-state index in [-0.39, 0.29) is 0 Å². The number of hydrogen-bond acceptors (Lipinski definition) is 2. The van der Waals surface area contributed by atoms with Crippen molar-refractivity contribution in [2.24, 2.45) is 0 Å². The minimum absolute atomic E-state index is 0.873. The highest BCUT2D eigenvalue weighted by atomic mass is 32.2. The zero-order valence-corrected chi connectivity index (χ0v) is 23.7. The van der Waals surface area contributed by atoms with Crippen molar-refractivity contribution in [2.75, 3.05) is 0 Å². The standard InChI is InChI=1S/C39H26N2S/c1-2-34-31(21-18-26-19-22-36-33(24-26)32-15-8-12-28-13-9-17-37(42-36)39(28)32)30-14-6-7-16-35(30)41(34)38-23-20-29(25-40-38)27-10-4-3-5-11-27/h2-25H,1H2/b21-18+. The predicted molar refractivity (Wildman–Crippen MR) is 179 cm³/mol. The molecule has 0 radical (unpaired) electrons. The van der Waals surface area contributed by atoms with Crippen molar-refractivity contribution in [3.8, 4) is 28.1 Å². The van der Waals surface area contributed by atoms with Crippen LogP contribution in [-0.4, -0.2) is 9.55 Å². The van der Waals surface area contributed by atoms with E-state index in [2.05, 4.69) is 139 Å². The molecule has 3 heterocycles. The first-order valence-electron chi connectivity index (χ1n) is 14.1. The Hall–Kier alpha value is -5.12. The Morgan fingerprint density at radius 2 is 1.50 bits per heavy atom. The van der Waals surface area contributed by atoms with Gasteiger partial charge in [0.25, 0.3) is 0 Å². The molecule has 2 aromatic heterocycles. The normalized spacial score (nSPS) is 12.2. The molecule has 1 aliphatic rings. The summed E-state index contributed by atoms with van der Waals surface area (Å²) in [7, 11) is 0. The summed E-state index contributed by atoms with van der Waals surface area (Å²) < 4.78 is 2.21. The van der Waals surface area contributed by atoms with Crippen molar-refractivity contribution in [3.63, 3.8) is 0 Å². The summed E-state index contributed by atoms with van der Waals surface area (Å²) in [6.07, 6.45) is 8.33. The minimum atomic E-state index is 0.873. The summed E-state index contributed by atoms with van der Waals surface area (Å²) in [6.45, 7) is 4.21. The van der Waals surface area contributed by atoms with E-state index in [1.54, 1.807) is 0 Å². The van der Waals surface area contributed by atoms with Gasteiger partial charge in [0.15, 0.2) is 0 Å². The maximum atomic E-state index is 4.89. The van der Waals surface area contributed by atoms with Crippen molar-refractivity contribution in [3.05, 3.63) is 151 Å². The zero-order valence-electron chi connectivity index (χ0n) is 22.9. The van der Waals surface area contributed by atoms with E-state index in [1.165, 1.54) is 42.6 Å². The maximum absolute atomic E-state index is 4.89. The quantitative estimate of drug-likeness (QED) is 0.211. The molecule has 0 spiro atoms. The van der Waals surface area contributed by atoms with Gasteiger partial charge >= 0.3 is 0 Å². The number of aromatic nitrogens is 2. The number of pyridine rings is 1. The van der Waals surface area contributed by atoms with E-state index in [0.717, 1.165) is 33.7 Å². The highest BCUT2D eigenvalue weighted by Crippen LogP contribution is 2.48. The first kappa shape index (κ1) is 24.7. The van der Waals surface area contributed by atoms with Crippen molar-refractivity contribution in [1.82, 2.24) is 9.55 Å². The lowest BCUT2D eigenvalue weighted by Gasteiger charge is -2.20. The van der Waals surface area contributed by atoms with Crippen LogP contribution in [0.1, 0.15) is 16.8 Å². The van der Waals surface area contributed by atoms with Gasteiger partial charge in [-0.1, -0.05) is 115 Å². The van der Waals surface area contributed by atoms with E-state index in [1.807, 2.05) is 30.1 Å². The third kappa shape index (κ3) is 4.01. The molecule has 0 atom stereocenters. The molecule has 198 valence electrons. The molecule has 3 heteroatoms. The van der Waals surface area contributed by atoms with E-state index in [0.29, 0.717) is 0 Å². The van der Waals surface area contributed by atoms with Crippen molar-refractivity contribution in [1.29, 1.82) is 0 Å². The molecule has 5 aromatic carbocycles. The van der Waals surface area contributed by atoms with Gasteiger partial charge in [-0.25, -0.2) is 4.98 Å². The third-order valence-corrected chi connectivity index (χ3v) is 9.19. The average Bonchev–Trinajstić information content (AvgIpc) is 3.38. The Balaban J connectivity index is 1.21. The van der Waals surface area contributed by atoms with Crippen molar-refractivity contribution >= 4 is 51.7 Å². The number of hydrogen-bond donors (Lipinski definition) is 0.